The van der Waals surface area contributed by atoms with Gasteiger partial charge in [0.15, 0.2) is 0 Å². The summed E-state index contributed by atoms with van der Waals surface area (Å²) in [6.07, 6.45) is 2.38. The minimum atomic E-state index is -0.667. The minimum Gasteiger partial charge on any atom is -0.444 e. The van der Waals surface area contributed by atoms with Gasteiger partial charge in [-0.2, -0.15) is 0 Å². The standard InChI is InChI=1S/C16H31NO4/c1-7-8-12(10-18)9-13-11-20-16(5,6)17(13)14(19)21-15(2,3)4/h12-13,18H,7-11H2,1-6H3/t12-,13+/m1/s1. The second kappa shape index (κ2) is 6.97. The van der Waals surface area contributed by atoms with Gasteiger partial charge in [0.05, 0.1) is 12.6 Å². The smallest absolute Gasteiger partial charge is 0.412 e. The molecule has 1 aliphatic rings. The molecule has 1 heterocycles. The van der Waals surface area contributed by atoms with Crippen LogP contribution in [0.2, 0.25) is 0 Å². The molecule has 5 nitrogen and oxygen atoms in total. The molecule has 0 saturated carbocycles. The van der Waals surface area contributed by atoms with Crippen LogP contribution in [0, 0.1) is 5.92 Å². The van der Waals surface area contributed by atoms with Gasteiger partial charge in [0.25, 0.3) is 0 Å². The lowest BCUT2D eigenvalue weighted by Crippen LogP contribution is -2.50. The maximum atomic E-state index is 12.5. The highest BCUT2D eigenvalue weighted by molar-refractivity contribution is 5.69. The highest BCUT2D eigenvalue weighted by Crippen LogP contribution is 2.32. The molecule has 0 bridgehead atoms. The summed E-state index contributed by atoms with van der Waals surface area (Å²) < 4.78 is 11.3. The van der Waals surface area contributed by atoms with Crippen LogP contribution in [-0.2, 0) is 9.47 Å². The van der Waals surface area contributed by atoms with Crippen LogP contribution in [0.5, 0.6) is 0 Å². The third-order valence-corrected chi connectivity index (χ3v) is 3.72. The summed E-state index contributed by atoms with van der Waals surface area (Å²) in [5, 5.41) is 9.48. The molecule has 2 atom stereocenters. The van der Waals surface area contributed by atoms with Gasteiger partial charge in [-0.25, -0.2) is 4.79 Å². The zero-order valence-electron chi connectivity index (χ0n) is 14.3. The van der Waals surface area contributed by atoms with E-state index in [9.17, 15) is 9.90 Å². The van der Waals surface area contributed by atoms with Crippen molar-refractivity contribution >= 4 is 6.09 Å². The molecule has 21 heavy (non-hydrogen) atoms. The SMILES string of the molecule is CCC[C@@H](CO)C[C@H]1COC(C)(C)N1C(=O)OC(C)(C)C. The third kappa shape index (κ3) is 5.15. The highest BCUT2D eigenvalue weighted by Gasteiger charge is 2.46. The Morgan fingerprint density at radius 2 is 2.10 bits per heavy atom. The van der Waals surface area contributed by atoms with Gasteiger partial charge in [0, 0.05) is 6.61 Å². The number of carbonyl (C=O) groups is 1. The van der Waals surface area contributed by atoms with Gasteiger partial charge in [0.1, 0.15) is 11.3 Å². The van der Waals surface area contributed by atoms with E-state index in [1.54, 1.807) is 4.90 Å². The van der Waals surface area contributed by atoms with Crippen molar-refractivity contribution in [3.8, 4) is 0 Å². The topological polar surface area (TPSA) is 59.0 Å². The number of aliphatic hydroxyl groups is 1. The summed E-state index contributed by atoms with van der Waals surface area (Å²) in [7, 11) is 0. The zero-order chi connectivity index (χ0) is 16.3. The Morgan fingerprint density at radius 3 is 2.57 bits per heavy atom. The number of ether oxygens (including phenoxy) is 2. The van der Waals surface area contributed by atoms with Gasteiger partial charge >= 0.3 is 6.09 Å². The summed E-state index contributed by atoms with van der Waals surface area (Å²) in [5.41, 5.74) is -1.20. The van der Waals surface area contributed by atoms with Crippen LogP contribution in [0.1, 0.15) is 60.8 Å². The predicted octanol–water partition coefficient (Wildman–Crippen LogP) is 3.16. The summed E-state index contributed by atoms with van der Waals surface area (Å²) in [6, 6.07) is -0.0430. The molecule has 1 fully saturated rings. The molecule has 1 rings (SSSR count). The quantitative estimate of drug-likeness (QED) is 0.847. The van der Waals surface area contributed by atoms with Crippen LogP contribution in [0.3, 0.4) is 0 Å². The molecule has 0 radical (unpaired) electrons. The molecule has 5 heteroatoms. The van der Waals surface area contributed by atoms with Gasteiger partial charge in [0.2, 0.25) is 0 Å². The number of hydrogen-bond acceptors (Lipinski definition) is 4. The van der Waals surface area contributed by atoms with Crippen LogP contribution in [0.15, 0.2) is 0 Å². The largest absolute Gasteiger partial charge is 0.444 e. The molecule has 0 aromatic heterocycles. The molecule has 124 valence electrons. The van der Waals surface area contributed by atoms with Gasteiger partial charge in [-0.05, 0) is 53.4 Å². The highest BCUT2D eigenvalue weighted by atomic mass is 16.6. The van der Waals surface area contributed by atoms with E-state index in [0.29, 0.717) is 6.61 Å². The van der Waals surface area contributed by atoms with Crippen molar-refractivity contribution in [3.05, 3.63) is 0 Å². The molecule has 1 aliphatic heterocycles. The predicted molar refractivity (Wildman–Crippen MR) is 82.0 cm³/mol. The Bertz CT molecular complexity index is 349. The average Bonchev–Trinajstić information content (AvgIpc) is 2.61. The molecule has 0 aromatic carbocycles. The average molecular weight is 301 g/mol. The first-order valence-corrected chi connectivity index (χ1v) is 7.88. The molecule has 0 aromatic rings. The number of carbonyl (C=O) groups excluding carboxylic acids is 1. The Labute approximate surface area is 128 Å². The van der Waals surface area contributed by atoms with E-state index < -0.39 is 11.3 Å². The van der Waals surface area contributed by atoms with Crippen LogP contribution in [-0.4, -0.2) is 46.7 Å². The fraction of sp³-hybridized carbons (Fsp3) is 0.938. The van der Waals surface area contributed by atoms with Crippen LogP contribution in [0.25, 0.3) is 0 Å². The lowest BCUT2D eigenvalue weighted by Gasteiger charge is -2.36. The van der Waals surface area contributed by atoms with E-state index in [4.69, 9.17) is 9.47 Å². The van der Waals surface area contributed by atoms with Gasteiger partial charge in [-0.3, -0.25) is 4.90 Å². The van der Waals surface area contributed by atoms with Crippen molar-refractivity contribution in [2.45, 2.75) is 78.2 Å². The lowest BCUT2D eigenvalue weighted by atomic mass is 9.95. The van der Waals surface area contributed by atoms with E-state index >= 15 is 0 Å². The summed E-state index contributed by atoms with van der Waals surface area (Å²) >= 11 is 0. The molecule has 1 amide bonds. The number of rotatable bonds is 5. The van der Waals surface area contributed by atoms with Gasteiger partial charge in [-0.15, -0.1) is 0 Å². The summed E-state index contributed by atoms with van der Waals surface area (Å²) in [6.45, 7) is 12.1. The molecule has 1 N–H and O–H groups in total. The molecule has 0 aliphatic carbocycles. The number of hydrogen-bond donors (Lipinski definition) is 1. The van der Waals surface area contributed by atoms with Crippen molar-refractivity contribution in [1.29, 1.82) is 0 Å². The number of amides is 1. The monoisotopic (exact) mass is 301 g/mol. The molecular weight excluding hydrogens is 270 g/mol. The van der Waals surface area contributed by atoms with Crippen molar-refractivity contribution in [2.75, 3.05) is 13.2 Å². The lowest BCUT2D eigenvalue weighted by molar-refractivity contribution is -0.0633. The first-order valence-electron chi connectivity index (χ1n) is 7.88. The van der Waals surface area contributed by atoms with E-state index in [-0.39, 0.29) is 24.7 Å². The van der Waals surface area contributed by atoms with Crippen molar-refractivity contribution < 1.29 is 19.4 Å². The van der Waals surface area contributed by atoms with Crippen molar-refractivity contribution in [1.82, 2.24) is 4.90 Å². The van der Waals surface area contributed by atoms with Gasteiger partial charge in [-0.1, -0.05) is 13.3 Å². The third-order valence-electron chi connectivity index (χ3n) is 3.72. The van der Waals surface area contributed by atoms with Crippen LogP contribution < -0.4 is 0 Å². The second-order valence-electron chi connectivity index (χ2n) is 7.33. The van der Waals surface area contributed by atoms with Crippen molar-refractivity contribution in [2.24, 2.45) is 5.92 Å². The zero-order valence-corrected chi connectivity index (χ0v) is 14.3. The maximum Gasteiger partial charge on any atom is 0.412 e. The summed E-state index contributed by atoms with van der Waals surface area (Å²) in [5.74, 6) is 0.197. The first-order chi connectivity index (χ1) is 9.60. The Kier molecular flexibility index (Phi) is 6.05. The summed E-state index contributed by atoms with van der Waals surface area (Å²) in [4.78, 5) is 14.2. The maximum absolute atomic E-state index is 12.5. The minimum absolute atomic E-state index is 0.0430. The van der Waals surface area contributed by atoms with E-state index in [1.807, 2.05) is 34.6 Å². The van der Waals surface area contributed by atoms with Gasteiger partial charge < -0.3 is 14.6 Å². The number of nitrogens with zero attached hydrogens (tertiary/aromatic N) is 1. The number of aliphatic hydroxyl groups excluding tert-OH is 1. The first kappa shape index (κ1) is 18.2. The molecule has 0 unspecified atom stereocenters. The van der Waals surface area contributed by atoms with E-state index in [2.05, 4.69) is 6.92 Å². The van der Waals surface area contributed by atoms with Crippen LogP contribution >= 0.6 is 0 Å². The molecular formula is C16H31NO4. The Morgan fingerprint density at radius 1 is 1.48 bits per heavy atom. The fourth-order valence-corrected chi connectivity index (χ4v) is 2.81. The Balaban J connectivity index is 2.81. The Hall–Kier alpha value is -0.810. The van der Waals surface area contributed by atoms with Crippen LogP contribution in [0.4, 0.5) is 4.79 Å². The molecule has 1 saturated heterocycles. The normalized spacial score (nSPS) is 23.2. The second-order valence-corrected chi connectivity index (χ2v) is 7.33. The fourth-order valence-electron chi connectivity index (χ4n) is 2.81. The molecule has 0 spiro atoms. The van der Waals surface area contributed by atoms with E-state index in [1.165, 1.54) is 0 Å². The van der Waals surface area contributed by atoms with E-state index in [0.717, 1.165) is 19.3 Å². The van der Waals surface area contributed by atoms with Crippen molar-refractivity contribution in [3.63, 3.8) is 0 Å².